The molecule has 0 aliphatic heterocycles. The fourth-order valence-electron chi connectivity index (χ4n) is 7.92. The minimum Gasteiger partial charge on any atom is -0.456 e. The second-order valence-electron chi connectivity index (χ2n) is 14.0. The summed E-state index contributed by atoms with van der Waals surface area (Å²) in [6, 6.07) is 55.2. The van der Waals surface area contributed by atoms with Crippen molar-refractivity contribution in [2.45, 2.75) is 0 Å². The van der Waals surface area contributed by atoms with E-state index in [9.17, 15) is 0 Å². The lowest BCUT2D eigenvalue weighted by Crippen LogP contribution is -2.00. The van der Waals surface area contributed by atoms with E-state index in [-0.39, 0.29) is 0 Å². The summed E-state index contributed by atoms with van der Waals surface area (Å²) in [4.78, 5) is 25.7. The molecule has 5 heterocycles. The first-order valence-electron chi connectivity index (χ1n) is 18.7. The number of fused-ring (bicyclic) bond motifs is 9. The van der Waals surface area contributed by atoms with Gasteiger partial charge in [-0.1, -0.05) is 127 Å². The van der Waals surface area contributed by atoms with Crippen molar-refractivity contribution in [3.05, 3.63) is 164 Å². The molecule has 0 aliphatic carbocycles. The number of hydrogen-bond donors (Lipinski definition) is 0. The molecule has 12 aromatic rings. The van der Waals surface area contributed by atoms with Crippen molar-refractivity contribution in [3.63, 3.8) is 0 Å². The van der Waals surface area contributed by atoms with E-state index in [2.05, 4.69) is 60.7 Å². The maximum absolute atomic E-state index is 6.62. The van der Waals surface area contributed by atoms with Crippen molar-refractivity contribution in [3.8, 4) is 56.8 Å². The molecule has 0 saturated heterocycles. The van der Waals surface area contributed by atoms with E-state index in [1.807, 2.05) is 103 Å². The molecule has 0 amide bonds. The van der Waals surface area contributed by atoms with Gasteiger partial charge in [0.25, 0.3) is 0 Å². The normalized spacial score (nSPS) is 11.9. The van der Waals surface area contributed by atoms with Crippen molar-refractivity contribution in [1.82, 2.24) is 24.9 Å². The Morgan fingerprint density at radius 2 is 1.04 bits per heavy atom. The highest BCUT2D eigenvalue weighted by molar-refractivity contribution is 7.26. The summed E-state index contributed by atoms with van der Waals surface area (Å²) in [5.74, 6) is 2.27. The van der Waals surface area contributed by atoms with E-state index in [1.54, 1.807) is 11.3 Å². The van der Waals surface area contributed by atoms with Gasteiger partial charge in [-0.25, -0.2) is 24.9 Å². The fourth-order valence-corrected chi connectivity index (χ4v) is 9.07. The predicted molar refractivity (Wildman–Crippen MR) is 230 cm³/mol. The number of rotatable bonds is 5. The summed E-state index contributed by atoms with van der Waals surface area (Å²) in [6.45, 7) is 0. The number of hydrogen-bond acceptors (Lipinski definition) is 8. The first kappa shape index (κ1) is 31.8. The number of thiophene rings is 1. The fraction of sp³-hybridized carbons (Fsp3) is 0. The van der Waals surface area contributed by atoms with Gasteiger partial charge in [-0.3, -0.25) is 0 Å². The smallest absolute Gasteiger partial charge is 0.167 e. The van der Waals surface area contributed by atoms with Crippen molar-refractivity contribution < 1.29 is 8.83 Å². The molecule has 0 radical (unpaired) electrons. The third kappa shape index (κ3) is 5.08. The molecule has 266 valence electrons. The Kier molecular flexibility index (Phi) is 6.96. The van der Waals surface area contributed by atoms with E-state index in [0.29, 0.717) is 23.3 Å². The number of aromatic nitrogens is 5. The molecule has 0 aliphatic rings. The number of benzene rings is 7. The lowest BCUT2D eigenvalue weighted by molar-refractivity contribution is 0.668. The second kappa shape index (κ2) is 12.5. The molecule has 0 spiro atoms. The Morgan fingerprint density at radius 3 is 1.89 bits per heavy atom. The quantitative estimate of drug-likeness (QED) is 0.173. The molecule has 7 aromatic carbocycles. The summed E-state index contributed by atoms with van der Waals surface area (Å²) in [5, 5.41) is 5.04. The molecule has 7 nitrogen and oxygen atoms in total. The van der Waals surface area contributed by atoms with Crippen LogP contribution < -0.4 is 0 Å². The first-order valence-corrected chi connectivity index (χ1v) is 19.5. The van der Waals surface area contributed by atoms with Crippen LogP contribution >= 0.6 is 11.3 Å². The Labute approximate surface area is 328 Å². The van der Waals surface area contributed by atoms with Crippen molar-refractivity contribution in [1.29, 1.82) is 0 Å². The largest absolute Gasteiger partial charge is 0.456 e. The highest BCUT2D eigenvalue weighted by Gasteiger charge is 2.22. The highest BCUT2D eigenvalue weighted by Crippen LogP contribution is 2.42. The van der Waals surface area contributed by atoms with Gasteiger partial charge in [-0.2, -0.15) is 0 Å². The van der Waals surface area contributed by atoms with Gasteiger partial charge in [-0.05, 0) is 36.4 Å². The second-order valence-corrected chi connectivity index (χ2v) is 15.0. The Bertz CT molecular complexity index is 3540. The SMILES string of the molecule is c1ccc(-c2nc(-c3cccc4c3oc3ccccc34)nc(-c3cccc4oc5cc(-c6nc(-c7ccccc7)c7sc8ccccc8c7n6)ccc5c34)n2)cc1. The molecule has 0 saturated carbocycles. The average Bonchev–Trinajstić information content (AvgIpc) is 3.97. The number of furan rings is 2. The number of nitrogens with zero attached hydrogens (tertiary/aromatic N) is 5. The van der Waals surface area contributed by atoms with Crippen LogP contribution in [0.1, 0.15) is 0 Å². The zero-order valence-corrected chi connectivity index (χ0v) is 30.9. The van der Waals surface area contributed by atoms with Gasteiger partial charge in [0.15, 0.2) is 23.3 Å². The van der Waals surface area contributed by atoms with Crippen LogP contribution in [0.25, 0.3) is 121 Å². The van der Waals surface area contributed by atoms with E-state index in [0.717, 1.165) is 93.0 Å². The minimum atomic E-state index is 0.526. The van der Waals surface area contributed by atoms with Gasteiger partial charge in [0.1, 0.15) is 22.3 Å². The zero-order chi connectivity index (χ0) is 37.5. The first-order chi connectivity index (χ1) is 28.2. The van der Waals surface area contributed by atoms with Crippen LogP contribution in [-0.2, 0) is 0 Å². The predicted octanol–water partition coefficient (Wildman–Crippen LogP) is 13.2. The molecule has 57 heavy (non-hydrogen) atoms. The maximum Gasteiger partial charge on any atom is 0.167 e. The van der Waals surface area contributed by atoms with Crippen LogP contribution in [-0.4, -0.2) is 24.9 Å². The maximum atomic E-state index is 6.62. The minimum absolute atomic E-state index is 0.526. The zero-order valence-electron chi connectivity index (χ0n) is 30.0. The third-order valence-corrected chi connectivity index (χ3v) is 11.7. The molecule has 12 rings (SSSR count). The molecule has 0 bridgehead atoms. The molecular formula is C49H27N5O2S. The van der Waals surface area contributed by atoms with Gasteiger partial charge in [0.05, 0.1) is 21.5 Å². The summed E-state index contributed by atoms with van der Waals surface area (Å²) >= 11 is 1.73. The van der Waals surface area contributed by atoms with E-state index in [4.69, 9.17) is 33.8 Å². The molecule has 0 unspecified atom stereocenters. The third-order valence-electron chi connectivity index (χ3n) is 10.6. The highest BCUT2D eigenvalue weighted by atomic mass is 32.1. The van der Waals surface area contributed by atoms with Crippen molar-refractivity contribution >= 4 is 75.5 Å². The molecule has 0 atom stereocenters. The monoisotopic (exact) mass is 749 g/mol. The molecular weight excluding hydrogens is 723 g/mol. The van der Waals surface area contributed by atoms with Crippen LogP contribution in [0, 0.1) is 0 Å². The molecule has 0 fully saturated rings. The summed E-state index contributed by atoms with van der Waals surface area (Å²) < 4.78 is 15.3. The Balaban J connectivity index is 1.05. The van der Waals surface area contributed by atoms with Crippen LogP contribution in [0.15, 0.2) is 173 Å². The molecule has 5 aromatic heterocycles. The van der Waals surface area contributed by atoms with Crippen LogP contribution in [0.4, 0.5) is 0 Å². The van der Waals surface area contributed by atoms with Gasteiger partial charge in [0, 0.05) is 53.9 Å². The molecule has 8 heteroatoms. The molecule has 0 N–H and O–H groups in total. The lowest BCUT2D eigenvalue weighted by atomic mass is 10.0. The Morgan fingerprint density at radius 1 is 0.386 bits per heavy atom. The van der Waals surface area contributed by atoms with Crippen LogP contribution in [0.2, 0.25) is 0 Å². The van der Waals surface area contributed by atoms with E-state index in [1.165, 1.54) is 4.70 Å². The Hall–Kier alpha value is -7.55. The van der Waals surface area contributed by atoms with Crippen LogP contribution in [0.5, 0.6) is 0 Å². The van der Waals surface area contributed by atoms with Gasteiger partial charge in [0.2, 0.25) is 0 Å². The lowest BCUT2D eigenvalue weighted by Gasteiger charge is -2.09. The van der Waals surface area contributed by atoms with Gasteiger partial charge < -0.3 is 8.83 Å². The van der Waals surface area contributed by atoms with E-state index < -0.39 is 0 Å². The topological polar surface area (TPSA) is 90.7 Å². The summed E-state index contributed by atoms with van der Waals surface area (Å²) in [6.07, 6.45) is 0. The summed E-state index contributed by atoms with van der Waals surface area (Å²) in [5.41, 5.74) is 9.31. The number of para-hydroxylation sites is 2. The van der Waals surface area contributed by atoms with Gasteiger partial charge in [-0.15, -0.1) is 11.3 Å². The van der Waals surface area contributed by atoms with Crippen molar-refractivity contribution in [2.75, 3.05) is 0 Å². The van der Waals surface area contributed by atoms with Gasteiger partial charge >= 0.3 is 0 Å². The average molecular weight is 750 g/mol. The standard InChI is InChI=1S/C49H27N5O2S/c1-3-13-28(14-4-1)42-45-43(34-18-8-10-24-40(34)57-45)51-47(50-42)30-25-26-33-39(27-30)55-38-23-12-20-35(41(33)38)48-52-46(29-15-5-2-6-16-29)53-49(54-48)36-21-11-19-32-31-17-7-9-22-37(31)56-44(32)36/h1-27H. The van der Waals surface area contributed by atoms with Crippen molar-refractivity contribution in [2.24, 2.45) is 0 Å². The van der Waals surface area contributed by atoms with Crippen LogP contribution in [0.3, 0.4) is 0 Å². The summed E-state index contributed by atoms with van der Waals surface area (Å²) in [7, 11) is 0. The van der Waals surface area contributed by atoms with E-state index >= 15 is 0 Å².